The highest BCUT2D eigenvalue weighted by Crippen LogP contribution is 2.40. The zero-order chi connectivity index (χ0) is 23.4. The number of rotatable bonds is 7. The normalized spacial score (nSPS) is 14.8. The van der Waals surface area contributed by atoms with Crippen molar-refractivity contribution in [2.24, 2.45) is 0 Å². The topological polar surface area (TPSA) is 38.8 Å². The predicted octanol–water partition coefficient (Wildman–Crippen LogP) is 6.97. The number of thiocarbonyl (C=S) groups is 1. The summed E-state index contributed by atoms with van der Waals surface area (Å²) in [7, 11) is 0. The van der Waals surface area contributed by atoms with Crippen molar-refractivity contribution in [1.82, 2.24) is 0 Å². The van der Waals surface area contributed by atoms with Crippen molar-refractivity contribution in [1.29, 1.82) is 0 Å². The highest BCUT2D eigenvalue weighted by Gasteiger charge is 2.33. The van der Waals surface area contributed by atoms with Gasteiger partial charge in [-0.05, 0) is 76.5 Å². The monoisotopic (exact) mass is 543 g/mol. The van der Waals surface area contributed by atoms with E-state index in [2.05, 4.69) is 15.9 Å². The van der Waals surface area contributed by atoms with Gasteiger partial charge in [-0.25, -0.2) is 4.39 Å². The van der Waals surface area contributed by atoms with Crippen LogP contribution < -0.4 is 14.4 Å². The van der Waals surface area contributed by atoms with E-state index in [1.807, 2.05) is 49.4 Å². The summed E-state index contributed by atoms with van der Waals surface area (Å²) in [6.45, 7) is 2.59. The molecule has 0 spiro atoms. The summed E-state index contributed by atoms with van der Waals surface area (Å²) in [6.07, 6.45) is 1.79. The molecule has 4 nitrogen and oxygen atoms in total. The Morgan fingerprint density at radius 3 is 2.52 bits per heavy atom. The summed E-state index contributed by atoms with van der Waals surface area (Å²) >= 11 is 10.3. The number of anilines is 1. The first kappa shape index (κ1) is 23.5. The molecular formula is C25H19BrFNO3S2. The van der Waals surface area contributed by atoms with Crippen LogP contribution in [-0.2, 0) is 11.4 Å². The molecule has 1 saturated heterocycles. The summed E-state index contributed by atoms with van der Waals surface area (Å²) < 4.78 is 26.1. The number of para-hydroxylation sites is 1. The Kier molecular flexibility index (Phi) is 7.47. The molecule has 1 amide bonds. The fourth-order valence-corrected chi connectivity index (χ4v) is 5.10. The molecule has 0 saturated carbocycles. The van der Waals surface area contributed by atoms with Crippen LogP contribution in [0.2, 0.25) is 0 Å². The van der Waals surface area contributed by atoms with Crippen LogP contribution in [0.15, 0.2) is 76.1 Å². The van der Waals surface area contributed by atoms with Gasteiger partial charge in [-0.2, -0.15) is 0 Å². The third-order valence-corrected chi connectivity index (χ3v) is 6.63. The molecule has 8 heteroatoms. The number of benzene rings is 3. The number of halogens is 2. The molecule has 0 atom stereocenters. The Morgan fingerprint density at radius 1 is 1.09 bits per heavy atom. The highest BCUT2D eigenvalue weighted by atomic mass is 79.9. The van der Waals surface area contributed by atoms with E-state index in [-0.39, 0.29) is 18.3 Å². The summed E-state index contributed by atoms with van der Waals surface area (Å²) in [5, 5.41) is 0. The molecule has 33 heavy (non-hydrogen) atoms. The second-order valence-electron chi connectivity index (χ2n) is 7.03. The third kappa shape index (κ3) is 5.46. The van der Waals surface area contributed by atoms with Gasteiger partial charge in [0.1, 0.15) is 12.4 Å². The van der Waals surface area contributed by atoms with Crippen LogP contribution in [0.5, 0.6) is 11.5 Å². The van der Waals surface area contributed by atoms with Gasteiger partial charge in [-0.1, -0.05) is 54.3 Å². The lowest BCUT2D eigenvalue weighted by atomic mass is 10.1. The Bertz CT molecular complexity index is 1220. The van der Waals surface area contributed by atoms with Gasteiger partial charge in [0.15, 0.2) is 15.8 Å². The van der Waals surface area contributed by atoms with Crippen molar-refractivity contribution < 1.29 is 18.7 Å². The van der Waals surface area contributed by atoms with Crippen LogP contribution in [0, 0.1) is 5.82 Å². The number of carbonyl (C=O) groups is 1. The van der Waals surface area contributed by atoms with Crippen LogP contribution in [0.4, 0.5) is 10.1 Å². The number of carbonyl (C=O) groups excluding carboxylic acids is 1. The Morgan fingerprint density at radius 2 is 1.82 bits per heavy atom. The van der Waals surface area contributed by atoms with Gasteiger partial charge in [0.05, 0.1) is 21.7 Å². The van der Waals surface area contributed by atoms with Crippen molar-refractivity contribution in [2.45, 2.75) is 13.5 Å². The fraction of sp³-hybridized carbons (Fsp3) is 0.120. The maximum atomic E-state index is 13.2. The molecular weight excluding hydrogens is 525 g/mol. The maximum absolute atomic E-state index is 13.2. The minimum atomic E-state index is -0.294. The summed E-state index contributed by atoms with van der Waals surface area (Å²) in [5.74, 6) is 0.618. The van der Waals surface area contributed by atoms with Crippen molar-refractivity contribution in [3.63, 3.8) is 0 Å². The SMILES string of the molecule is CCOc1cc(/C=C2/SC(=S)N(c3ccccc3)C2=O)cc(Br)c1OCc1ccc(F)cc1. The summed E-state index contributed by atoms with van der Waals surface area (Å²) in [6, 6.07) is 19.2. The minimum Gasteiger partial charge on any atom is -0.490 e. The average Bonchev–Trinajstić information content (AvgIpc) is 3.08. The first-order valence-electron chi connectivity index (χ1n) is 10.1. The smallest absolute Gasteiger partial charge is 0.270 e. The molecule has 0 radical (unpaired) electrons. The largest absolute Gasteiger partial charge is 0.490 e. The van der Waals surface area contributed by atoms with Crippen LogP contribution in [-0.4, -0.2) is 16.8 Å². The van der Waals surface area contributed by atoms with Gasteiger partial charge in [0, 0.05) is 0 Å². The number of hydrogen-bond donors (Lipinski definition) is 0. The van der Waals surface area contributed by atoms with E-state index >= 15 is 0 Å². The summed E-state index contributed by atoms with van der Waals surface area (Å²) in [4.78, 5) is 15.1. The number of thioether (sulfide) groups is 1. The molecule has 1 fully saturated rings. The molecule has 1 heterocycles. The van der Waals surface area contributed by atoms with E-state index in [1.165, 1.54) is 28.8 Å². The second kappa shape index (κ2) is 10.5. The van der Waals surface area contributed by atoms with E-state index in [0.717, 1.165) is 16.8 Å². The molecule has 0 aromatic heterocycles. The minimum absolute atomic E-state index is 0.165. The van der Waals surface area contributed by atoms with E-state index < -0.39 is 0 Å². The van der Waals surface area contributed by atoms with E-state index in [1.54, 1.807) is 18.2 Å². The molecule has 0 unspecified atom stereocenters. The first-order chi connectivity index (χ1) is 16.0. The molecule has 168 valence electrons. The number of ether oxygens (including phenoxy) is 2. The summed E-state index contributed by atoms with van der Waals surface area (Å²) in [5.41, 5.74) is 2.34. The number of hydrogen-bond acceptors (Lipinski definition) is 5. The van der Waals surface area contributed by atoms with Gasteiger partial charge < -0.3 is 9.47 Å². The molecule has 3 aromatic rings. The molecule has 0 bridgehead atoms. The number of nitrogens with zero attached hydrogens (tertiary/aromatic N) is 1. The number of amides is 1. The van der Waals surface area contributed by atoms with Crippen molar-refractivity contribution in [3.05, 3.63) is 93.1 Å². The van der Waals surface area contributed by atoms with Crippen molar-refractivity contribution >= 4 is 61.9 Å². The van der Waals surface area contributed by atoms with E-state index in [9.17, 15) is 9.18 Å². The molecule has 1 aliphatic heterocycles. The Hall–Kier alpha value is -2.68. The molecule has 3 aromatic carbocycles. The van der Waals surface area contributed by atoms with Gasteiger partial charge in [0.2, 0.25) is 0 Å². The lowest BCUT2D eigenvalue weighted by molar-refractivity contribution is -0.113. The van der Waals surface area contributed by atoms with E-state index in [0.29, 0.717) is 31.8 Å². The van der Waals surface area contributed by atoms with Crippen molar-refractivity contribution in [2.75, 3.05) is 11.5 Å². The molecule has 0 aliphatic carbocycles. The van der Waals surface area contributed by atoms with Gasteiger partial charge in [0.25, 0.3) is 5.91 Å². The third-order valence-electron chi connectivity index (χ3n) is 4.73. The van der Waals surface area contributed by atoms with Crippen LogP contribution in [0.25, 0.3) is 6.08 Å². The predicted molar refractivity (Wildman–Crippen MR) is 138 cm³/mol. The quantitative estimate of drug-likeness (QED) is 0.237. The lowest BCUT2D eigenvalue weighted by Gasteiger charge is -2.15. The van der Waals surface area contributed by atoms with Gasteiger partial charge in [-0.15, -0.1) is 0 Å². The van der Waals surface area contributed by atoms with Crippen LogP contribution in [0.3, 0.4) is 0 Å². The van der Waals surface area contributed by atoms with Crippen LogP contribution in [0.1, 0.15) is 18.1 Å². The van der Waals surface area contributed by atoms with Crippen LogP contribution >= 0.6 is 39.9 Å². The highest BCUT2D eigenvalue weighted by molar-refractivity contribution is 9.10. The Labute approximate surface area is 209 Å². The molecule has 0 N–H and O–H groups in total. The second-order valence-corrected chi connectivity index (χ2v) is 9.56. The van der Waals surface area contributed by atoms with Gasteiger partial charge >= 0.3 is 0 Å². The molecule has 4 rings (SSSR count). The first-order valence-corrected chi connectivity index (χ1v) is 12.1. The Balaban J connectivity index is 1.59. The zero-order valence-electron chi connectivity index (χ0n) is 17.6. The standard InChI is InChI=1S/C25H19BrFNO3S2/c1-2-30-21-13-17(12-20(26)23(21)31-15-16-8-10-18(27)11-9-16)14-22-24(29)28(25(32)33-22)19-6-4-3-5-7-19/h3-14H,2,15H2,1H3/b22-14+. The maximum Gasteiger partial charge on any atom is 0.270 e. The zero-order valence-corrected chi connectivity index (χ0v) is 20.8. The lowest BCUT2D eigenvalue weighted by Crippen LogP contribution is -2.27. The van der Waals surface area contributed by atoms with E-state index in [4.69, 9.17) is 21.7 Å². The van der Waals surface area contributed by atoms with Crippen molar-refractivity contribution in [3.8, 4) is 11.5 Å². The van der Waals surface area contributed by atoms with Gasteiger partial charge in [-0.3, -0.25) is 9.69 Å². The molecule has 1 aliphatic rings. The fourth-order valence-electron chi connectivity index (χ4n) is 3.23. The average molecular weight is 544 g/mol.